The first-order chi connectivity index (χ1) is 16.9. The van der Waals surface area contributed by atoms with Crippen molar-refractivity contribution in [3.63, 3.8) is 0 Å². The van der Waals surface area contributed by atoms with Crippen LogP contribution in [0.5, 0.6) is 0 Å². The van der Waals surface area contributed by atoms with Crippen molar-refractivity contribution in [1.29, 1.82) is 0 Å². The summed E-state index contributed by atoms with van der Waals surface area (Å²) in [7, 11) is 0. The molecule has 1 aromatic heterocycles. The number of hydrogen-bond donors (Lipinski definition) is 2. The molecule has 8 nitrogen and oxygen atoms in total. The molecule has 0 aliphatic rings. The molecule has 5 rings (SSSR count). The summed E-state index contributed by atoms with van der Waals surface area (Å²) >= 11 is 8.81. The quantitative estimate of drug-likeness (QED) is 0.151. The van der Waals surface area contributed by atoms with Gasteiger partial charge in [0.1, 0.15) is 11.1 Å². The van der Waals surface area contributed by atoms with Gasteiger partial charge in [0.25, 0.3) is 11.6 Å². The molecule has 0 saturated heterocycles. The Morgan fingerprint density at radius 1 is 1.00 bits per heavy atom. The van der Waals surface area contributed by atoms with E-state index in [2.05, 4.69) is 31.5 Å². The number of hydrogen-bond acceptors (Lipinski definition) is 6. The molecule has 4 aromatic carbocycles. The van der Waals surface area contributed by atoms with Crippen LogP contribution in [0.25, 0.3) is 33.3 Å². The predicted octanol–water partition coefficient (Wildman–Crippen LogP) is 6.45. The highest BCUT2D eigenvalue weighted by molar-refractivity contribution is 9.10. The van der Waals surface area contributed by atoms with Crippen molar-refractivity contribution in [2.75, 3.05) is 5.32 Å². The van der Waals surface area contributed by atoms with E-state index < -0.39 is 10.8 Å². The molecule has 0 fully saturated rings. The van der Waals surface area contributed by atoms with Crippen molar-refractivity contribution in [3.8, 4) is 11.5 Å². The number of oxazole rings is 1. The van der Waals surface area contributed by atoms with Crippen molar-refractivity contribution in [1.82, 2.24) is 10.3 Å². The number of nitrogens with zero attached hydrogens (tertiary/aromatic N) is 2. The number of rotatable bonds is 4. The van der Waals surface area contributed by atoms with Crippen LogP contribution in [0.3, 0.4) is 0 Å². The number of nitrogens with one attached hydrogen (secondary N) is 2. The minimum Gasteiger partial charge on any atom is -0.436 e. The number of para-hydroxylation sites is 1. The molecule has 0 aliphatic carbocycles. The van der Waals surface area contributed by atoms with E-state index in [9.17, 15) is 14.9 Å². The lowest BCUT2D eigenvalue weighted by Crippen LogP contribution is -2.34. The lowest BCUT2D eigenvalue weighted by Gasteiger charge is -2.09. The van der Waals surface area contributed by atoms with Crippen molar-refractivity contribution in [2.45, 2.75) is 0 Å². The fourth-order valence-electron chi connectivity index (χ4n) is 3.74. The maximum absolute atomic E-state index is 12.5. The van der Waals surface area contributed by atoms with Gasteiger partial charge in [0.05, 0.1) is 4.92 Å². The maximum Gasteiger partial charge on any atom is 0.282 e. The van der Waals surface area contributed by atoms with Crippen molar-refractivity contribution in [3.05, 3.63) is 99.0 Å². The third-order valence-corrected chi connectivity index (χ3v) is 6.21. The van der Waals surface area contributed by atoms with Gasteiger partial charge in [-0.25, -0.2) is 4.98 Å². The van der Waals surface area contributed by atoms with Crippen molar-refractivity contribution < 1.29 is 14.1 Å². The number of thiocarbonyl (C=S) groups is 1. The molecule has 0 unspecified atom stereocenters. The minimum absolute atomic E-state index is 0.00452. The molecule has 0 atom stereocenters. The van der Waals surface area contributed by atoms with E-state index in [1.807, 2.05) is 36.4 Å². The highest BCUT2D eigenvalue weighted by Crippen LogP contribution is 2.34. The zero-order chi connectivity index (χ0) is 24.5. The lowest BCUT2D eigenvalue weighted by molar-refractivity contribution is -0.385. The van der Waals surface area contributed by atoms with Crippen molar-refractivity contribution in [2.24, 2.45) is 0 Å². The number of aromatic nitrogens is 1. The van der Waals surface area contributed by atoms with Crippen molar-refractivity contribution >= 4 is 72.4 Å². The van der Waals surface area contributed by atoms with Crippen LogP contribution >= 0.6 is 28.1 Å². The topological polar surface area (TPSA) is 110 Å². The van der Waals surface area contributed by atoms with Crippen LogP contribution < -0.4 is 10.6 Å². The Hall–Kier alpha value is -4.15. The van der Waals surface area contributed by atoms with Crippen LogP contribution in [0, 0.1) is 10.1 Å². The Morgan fingerprint density at radius 3 is 2.60 bits per heavy atom. The minimum atomic E-state index is -0.679. The lowest BCUT2D eigenvalue weighted by atomic mass is 10.0. The molecule has 0 spiro atoms. The maximum atomic E-state index is 12.5. The summed E-state index contributed by atoms with van der Waals surface area (Å²) in [6, 6.07) is 22.8. The van der Waals surface area contributed by atoms with Crippen LogP contribution in [-0.2, 0) is 0 Å². The average molecular weight is 547 g/mol. The summed E-state index contributed by atoms with van der Waals surface area (Å²) in [5.41, 5.74) is 2.25. The first-order valence-corrected chi connectivity index (χ1v) is 11.5. The molecular weight excluding hydrogens is 532 g/mol. The molecule has 2 N–H and O–H groups in total. The highest BCUT2D eigenvalue weighted by atomic mass is 79.9. The largest absolute Gasteiger partial charge is 0.436 e. The van der Waals surface area contributed by atoms with Crippen LogP contribution in [0.15, 0.2) is 87.8 Å². The van der Waals surface area contributed by atoms with Crippen LogP contribution in [0.1, 0.15) is 10.4 Å². The third-order valence-electron chi connectivity index (χ3n) is 5.32. The summed E-state index contributed by atoms with van der Waals surface area (Å²) in [5.74, 6) is -0.199. The Morgan fingerprint density at radius 2 is 1.77 bits per heavy atom. The second-order valence-corrected chi connectivity index (χ2v) is 8.79. The number of halogens is 1. The zero-order valence-electron chi connectivity index (χ0n) is 17.8. The van der Waals surface area contributed by atoms with Gasteiger partial charge in [-0.1, -0.05) is 52.3 Å². The summed E-state index contributed by atoms with van der Waals surface area (Å²) in [6.07, 6.45) is 0. The van der Waals surface area contributed by atoms with Gasteiger partial charge in [-0.05, 0) is 59.4 Å². The number of carbonyl (C=O) groups is 1. The molecule has 10 heteroatoms. The monoisotopic (exact) mass is 546 g/mol. The van der Waals surface area contributed by atoms with Crippen LogP contribution in [-0.4, -0.2) is 20.9 Å². The molecule has 1 heterocycles. The number of nitro groups is 1. The predicted molar refractivity (Wildman–Crippen MR) is 141 cm³/mol. The molecular formula is C25H15BrN4O4S. The zero-order valence-corrected chi connectivity index (χ0v) is 20.2. The number of fused-ring (bicyclic) bond motifs is 2. The number of carbonyl (C=O) groups excluding carboxylic acids is 1. The fourth-order valence-corrected chi connectivity index (χ4v) is 4.45. The first kappa shape index (κ1) is 22.6. The SMILES string of the molecule is O=C(NC(=S)Nc1ccc2oc(-c3cccc4c(Br)cccc34)nc2c1)c1ccccc1[N+](=O)[O-]. The molecule has 172 valence electrons. The molecule has 1 amide bonds. The standard InChI is InChI=1S/C25H15BrN4O4S/c26-19-9-4-6-15-16(19)7-3-8-17(15)24-28-20-13-14(11-12-22(20)34-24)27-25(35)29-23(31)18-5-1-2-10-21(18)30(32)33/h1-13H,(H2,27,29,31,35). The third kappa shape index (κ3) is 4.48. The molecule has 0 aliphatic heterocycles. The Balaban J connectivity index is 1.38. The van der Waals surface area contributed by atoms with Crippen LogP contribution in [0.4, 0.5) is 11.4 Å². The summed E-state index contributed by atoms with van der Waals surface area (Å²) in [5, 5.41) is 18.6. The van der Waals surface area contributed by atoms with E-state index in [-0.39, 0.29) is 16.4 Å². The van der Waals surface area contributed by atoms with Gasteiger partial charge in [0.15, 0.2) is 10.7 Å². The number of amides is 1. The van der Waals surface area contributed by atoms with Gasteiger partial charge in [0, 0.05) is 21.8 Å². The summed E-state index contributed by atoms with van der Waals surface area (Å²) < 4.78 is 6.98. The first-order valence-electron chi connectivity index (χ1n) is 10.3. The molecule has 0 saturated carbocycles. The Bertz CT molecular complexity index is 1650. The van der Waals surface area contributed by atoms with Gasteiger partial charge >= 0.3 is 0 Å². The number of anilines is 1. The summed E-state index contributed by atoms with van der Waals surface area (Å²) in [4.78, 5) is 27.7. The van der Waals surface area contributed by atoms with E-state index >= 15 is 0 Å². The van der Waals surface area contributed by atoms with Gasteiger partial charge in [-0.15, -0.1) is 0 Å². The molecule has 0 bridgehead atoms. The van der Waals surface area contributed by atoms with Gasteiger partial charge in [-0.3, -0.25) is 20.2 Å². The summed E-state index contributed by atoms with van der Waals surface area (Å²) in [6.45, 7) is 0. The number of nitro benzene ring substituents is 1. The Labute approximate surface area is 212 Å². The number of benzene rings is 4. The van der Waals surface area contributed by atoms with E-state index in [0.29, 0.717) is 22.7 Å². The fraction of sp³-hybridized carbons (Fsp3) is 0. The second kappa shape index (κ2) is 9.24. The van der Waals surface area contributed by atoms with E-state index in [1.54, 1.807) is 24.3 Å². The van der Waals surface area contributed by atoms with E-state index in [4.69, 9.17) is 16.6 Å². The van der Waals surface area contributed by atoms with Crippen LogP contribution in [0.2, 0.25) is 0 Å². The van der Waals surface area contributed by atoms with Gasteiger partial charge in [0.2, 0.25) is 5.89 Å². The molecule has 5 aromatic rings. The Kier molecular flexibility index (Phi) is 5.98. The van der Waals surface area contributed by atoms with Gasteiger partial charge in [-0.2, -0.15) is 0 Å². The normalized spacial score (nSPS) is 10.9. The molecule has 35 heavy (non-hydrogen) atoms. The highest BCUT2D eigenvalue weighted by Gasteiger charge is 2.20. The van der Waals surface area contributed by atoms with E-state index in [1.165, 1.54) is 18.2 Å². The van der Waals surface area contributed by atoms with Gasteiger partial charge < -0.3 is 9.73 Å². The average Bonchev–Trinajstić information content (AvgIpc) is 3.27. The van der Waals surface area contributed by atoms with E-state index in [0.717, 1.165) is 20.8 Å². The molecule has 0 radical (unpaired) electrons. The second-order valence-electron chi connectivity index (χ2n) is 7.52. The smallest absolute Gasteiger partial charge is 0.282 e.